The van der Waals surface area contributed by atoms with Gasteiger partial charge in [-0.3, -0.25) is 4.79 Å². The van der Waals surface area contributed by atoms with Gasteiger partial charge in [-0.2, -0.15) is 0 Å². The quantitative estimate of drug-likeness (QED) is 0.716. The molecule has 1 aliphatic heterocycles. The molecule has 0 amide bonds. The lowest BCUT2D eigenvalue weighted by molar-refractivity contribution is 0.0868. The monoisotopic (exact) mass is 258 g/mol. The molecule has 0 fully saturated rings. The van der Waals surface area contributed by atoms with E-state index in [1.807, 2.05) is 6.92 Å². The van der Waals surface area contributed by atoms with Crippen LogP contribution in [0.25, 0.3) is 0 Å². The Morgan fingerprint density at radius 1 is 1.57 bits per heavy atom. The van der Waals surface area contributed by atoms with Crippen LogP contribution < -0.4 is 4.74 Å². The van der Waals surface area contributed by atoms with Crippen LogP contribution in [0.2, 0.25) is 0 Å². The summed E-state index contributed by atoms with van der Waals surface area (Å²) in [5.74, 6) is -0.0533. The van der Waals surface area contributed by atoms with Crippen LogP contribution in [0.3, 0.4) is 0 Å². The largest absolute Gasteiger partial charge is 0.489 e. The van der Waals surface area contributed by atoms with Gasteiger partial charge in [-0.1, -0.05) is 0 Å². The Morgan fingerprint density at radius 3 is 3.00 bits per heavy atom. The number of carbonyl (C=O) groups excluding carboxylic acids is 1. The van der Waals surface area contributed by atoms with E-state index >= 15 is 0 Å². The Kier molecular flexibility index (Phi) is 2.31. The number of carbonyl (C=O) groups is 1. The SMILES string of the molecule is CC1CC(=O)c2c(ccc(F)c2Br)O1. The molecule has 2 rings (SSSR count). The van der Waals surface area contributed by atoms with Crippen molar-refractivity contribution in [2.24, 2.45) is 0 Å². The van der Waals surface area contributed by atoms with Crippen molar-refractivity contribution in [3.05, 3.63) is 28.0 Å². The number of rotatable bonds is 0. The number of ether oxygens (including phenoxy) is 1. The minimum absolute atomic E-state index is 0.0786. The summed E-state index contributed by atoms with van der Waals surface area (Å²) in [6.45, 7) is 1.82. The third kappa shape index (κ3) is 1.43. The van der Waals surface area contributed by atoms with E-state index in [1.54, 1.807) is 0 Å². The van der Waals surface area contributed by atoms with Crippen molar-refractivity contribution in [2.75, 3.05) is 0 Å². The third-order valence-electron chi connectivity index (χ3n) is 2.14. The molecule has 74 valence electrons. The van der Waals surface area contributed by atoms with Crippen LogP contribution in [0.5, 0.6) is 5.75 Å². The van der Waals surface area contributed by atoms with E-state index < -0.39 is 5.82 Å². The van der Waals surface area contributed by atoms with Gasteiger partial charge in [0, 0.05) is 6.42 Å². The summed E-state index contributed by atoms with van der Waals surface area (Å²) in [5.41, 5.74) is 0.322. The van der Waals surface area contributed by atoms with E-state index in [0.29, 0.717) is 17.7 Å². The third-order valence-corrected chi connectivity index (χ3v) is 2.91. The van der Waals surface area contributed by atoms with E-state index in [2.05, 4.69) is 15.9 Å². The molecule has 0 radical (unpaired) electrons. The molecule has 1 heterocycles. The summed E-state index contributed by atoms with van der Waals surface area (Å²) in [7, 11) is 0. The number of halogens is 2. The highest BCUT2D eigenvalue weighted by molar-refractivity contribution is 9.10. The van der Waals surface area contributed by atoms with Gasteiger partial charge in [0.2, 0.25) is 0 Å². The Morgan fingerprint density at radius 2 is 2.29 bits per heavy atom. The average Bonchev–Trinajstić information content (AvgIpc) is 2.10. The fourth-order valence-electron chi connectivity index (χ4n) is 1.51. The zero-order valence-corrected chi connectivity index (χ0v) is 9.10. The summed E-state index contributed by atoms with van der Waals surface area (Å²) in [5, 5.41) is 0. The lowest BCUT2D eigenvalue weighted by atomic mass is 10.0. The Balaban J connectivity index is 2.60. The van der Waals surface area contributed by atoms with Gasteiger partial charge >= 0.3 is 0 Å². The van der Waals surface area contributed by atoms with Crippen molar-refractivity contribution in [1.82, 2.24) is 0 Å². The first-order valence-corrected chi connectivity index (χ1v) is 5.06. The molecule has 1 unspecified atom stereocenters. The Bertz CT molecular complexity index is 403. The minimum atomic E-state index is -0.435. The van der Waals surface area contributed by atoms with E-state index in [1.165, 1.54) is 12.1 Å². The molecule has 0 aliphatic carbocycles. The van der Waals surface area contributed by atoms with Crippen LogP contribution in [-0.2, 0) is 0 Å². The summed E-state index contributed by atoms with van der Waals surface area (Å²) in [6, 6.07) is 2.78. The van der Waals surface area contributed by atoms with Crippen molar-refractivity contribution in [3.8, 4) is 5.75 Å². The molecule has 1 aromatic carbocycles. The molecule has 2 nitrogen and oxygen atoms in total. The molecule has 0 bridgehead atoms. The molecule has 0 aromatic heterocycles. The fraction of sp³-hybridized carbons (Fsp3) is 0.300. The van der Waals surface area contributed by atoms with Gasteiger partial charge in [-0.05, 0) is 35.0 Å². The molecular formula is C10H8BrFO2. The molecule has 0 spiro atoms. The van der Waals surface area contributed by atoms with Crippen LogP contribution in [-0.4, -0.2) is 11.9 Å². The molecule has 1 aromatic rings. The molecule has 14 heavy (non-hydrogen) atoms. The maximum atomic E-state index is 13.1. The van der Waals surface area contributed by atoms with E-state index in [-0.39, 0.29) is 16.4 Å². The first-order chi connectivity index (χ1) is 6.59. The molecule has 0 saturated carbocycles. The number of benzene rings is 1. The fourth-order valence-corrected chi connectivity index (χ4v) is 2.06. The Labute approximate surface area is 89.2 Å². The zero-order valence-electron chi connectivity index (χ0n) is 7.51. The highest BCUT2D eigenvalue weighted by atomic mass is 79.9. The number of fused-ring (bicyclic) bond motifs is 1. The smallest absolute Gasteiger partial charge is 0.171 e. The van der Waals surface area contributed by atoms with Crippen molar-refractivity contribution in [3.63, 3.8) is 0 Å². The maximum absolute atomic E-state index is 13.1. The molecule has 1 atom stereocenters. The topological polar surface area (TPSA) is 26.3 Å². The Hall–Kier alpha value is -0.900. The van der Waals surface area contributed by atoms with Gasteiger partial charge in [0.05, 0.1) is 10.0 Å². The summed E-state index contributed by atoms with van der Waals surface area (Å²) < 4.78 is 18.7. The lowest BCUT2D eigenvalue weighted by Gasteiger charge is -2.22. The molecule has 1 aliphatic rings. The van der Waals surface area contributed by atoms with Crippen LogP contribution in [0.15, 0.2) is 16.6 Å². The van der Waals surface area contributed by atoms with Crippen molar-refractivity contribution < 1.29 is 13.9 Å². The lowest BCUT2D eigenvalue weighted by Crippen LogP contribution is -2.24. The summed E-state index contributed by atoms with van der Waals surface area (Å²) in [6.07, 6.45) is 0.169. The van der Waals surface area contributed by atoms with Crippen LogP contribution in [0.4, 0.5) is 4.39 Å². The van der Waals surface area contributed by atoms with Gasteiger partial charge in [0.15, 0.2) is 5.78 Å². The number of ketones is 1. The van der Waals surface area contributed by atoms with Gasteiger partial charge in [0.1, 0.15) is 17.7 Å². The molecular weight excluding hydrogens is 251 g/mol. The number of hydrogen-bond donors (Lipinski definition) is 0. The highest BCUT2D eigenvalue weighted by Crippen LogP contribution is 2.34. The minimum Gasteiger partial charge on any atom is -0.489 e. The average molecular weight is 259 g/mol. The second-order valence-corrected chi connectivity index (χ2v) is 4.08. The van der Waals surface area contributed by atoms with Gasteiger partial charge < -0.3 is 4.74 Å². The first kappa shape index (κ1) is 9.65. The van der Waals surface area contributed by atoms with Crippen molar-refractivity contribution in [1.29, 1.82) is 0 Å². The zero-order chi connectivity index (χ0) is 10.3. The van der Waals surface area contributed by atoms with Crippen LogP contribution in [0.1, 0.15) is 23.7 Å². The van der Waals surface area contributed by atoms with E-state index in [4.69, 9.17) is 4.74 Å². The number of hydrogen-bond acceptors (Lipinski definition) is 2. The van der Waals surface area contributed by atoms with E-state index in [0.717, 1.165) is 0 Å². The van der Waals surface area contributed by atoms with Crippen LogP contribution >= 0.6 is 15.9 Å². The highest BCUT2D eigenvalue weighted by Gasteiger charge is 2.27. The number of Topliss-reactive ketones (excluding diaryl/α,β-unsaturated/α-hetero) is 1. The van der Waals surface area contributed by atoms with Gasteiger partial charge in [0.25, 0.3) is 0 Å². The van der Waals surface area contributed by atoms with Gasteiger partial charge in [-0.15, -0.1) is 0 Å². The standard InChI is InChI=1S/C10H8BrFO2/c1-5-4-7(13)9-8(14-5)3-2-6(12)10(9)11/h2-3,5H,4H2,1H3. The molecule has 4 heteroatoms. The normalized spacial score (nSPS) is 20.2. The first-order valence-electron chi connectivity index (χ1n) is 4.27. The van der Waals surface area contributed by atoms with Crippen LogP contribution in [0, 0.1) is 5.82 Å². The summed E-state index contributed by atoms with van der Waals surface area (Å²) in [4.78, 5) is 11.6. The van der Waals surface area contributed by atoms with E-state index in [9.17, 15) is 9.18 Å². The second-order valence-electron chi connectivity index (χ2n) is 3.29. The summed E-state index contributed by atoms with van der Waals surface area (Å²) >= 11 is 3.05. The maximum Gasteiger partial charge on any atom is 0.171 e. The van der Waals surface area contributed by atoms with Gasteiger partial charge in [-0.25, -0.2) is 4.39 Å². The predicted molar refractivity (Wildman–Crippen MR) is 53.1 cm³/mol. The second kappa shape index (κ2) is 3.35. The van der Waals surface area contributed by atoms with Crippen molar-refractivity contribution >= 4 is 21.7 Å². The van der Waals surface area contributed by atoms with Crippen molar-refractivity contribution in [2.45, 2.75) is 19.4 Å². The predicted octanol–water partition coefficient (Wildman–Crippen LogP) is 2.94. The molecule has 0 N–H and O–H groups in total. The molecule has 0 saturated heterocycles.